The standard InChI is InChI=1S/C25H24ClF3N10O3/c1-2-37-18(9-11-32-37)23(41)33-21-17(4-3-10-30-21)39-14-31-20(34-39)13-38-24(42)36(12-19(40)25(27,28)29)22(35-38)15-5-7-16(26)8-6-15/h3-11,14,19,24,40,42H,2,12-13H2,1H3,(H,30,33,41)/t19-,24?/m0/s1. The number of aliphatic hydroxyl groups excluding tert-OH is 2. The first-order valence-electron chi connectivity index (χ1n) is 12.5. The number of aliphatic hydroxyl groups is 2. The van der Waals surface area contributed by atoms with Gasteiger partial charge in [-0.1, -0.05) is 11.6 Å². The number of hydrazone groups is 1. The fraction of sp³-hybridized carbons (Fsp3) is 0.280. The third-order valence-electron chi connectivity index (χ3n) is 6.25. The molecule has 0 saturated carbocycles. The highest BCUT2D eigenvalue weighted by Gasteiger charge is 2.43. The molecule has 2 atom stereocenters. The molecule has 1 amide bonds. The van der Waals surface area contributed by atoms with E-state index >= 15 is 0 Å². The smallest absolute Gasteiger partial charge is 0.382 e. The number of amidine groups is 1. The zero-order chi connectivity index (χ0) is 30.0. The van der Waals surface area contributed by atoms with Crippen molar-refractivity contribution in [3.63, 3.8) is 0 Å². The van der Waals surface area contributed by atoms with Crippen LogP contribution in [-0.4, -0.2) is 86.6 Å². The number of rotatable bonds is 9. The first kappa shape index (κ1) is 29.0. The summed E-state index contributed by atoms with van der Waals surface area (Å²) >= 11 is 5.94. The van der Waals surface area contributed by atoms with Crippen LogP contribution in [0.1, 0.15) is 28.8 Å². The molecule has 0 bridgehead atoms. The molecule has 3 aromatic heterocycles. The Labute approximate surface area is 241 Å². The number of aryl methyl sites for hydroxylation is 1. The summed E-state index contributed by atoms with van der Waals surface area (Å²) in [7, 11) is 0. The van der Waals surface area contributed by atoms with E-state index in [9.17, 15) is 28.2 Å². The number of nitrogens with one attached hydrogen (secondary N) is 1. The first-order chi connectivity index (χ1) is 20.0. The quantitative estimate of drug-likeness (QED) is 0.262. The molecule has 17 heteroatoms. The van der Waals surface area contributed by atoms with E-state index in [-0.39, 0.29) is 24.0 Å². The predicted molar refractivity (Wildman–Crippen MR) is 143 cm³/mol. The lowest BCUT2D eigenvalue weighted by Gasteiger charge is -2.29. The number of carbonyl (C=O) groups excluding carboxylic acids is 1. The van der Waals surface area contributed by atoms with E-state index in [0.29, 0.717) is 28.5 Å². The van der Waals surface area contributed by atoms with Crippen molar-refractivity contribution in [2.45, 2.75) is 38.6 Å². The van der Waals surface area contributed by atoms with E-state index in [2.05, 4.69) is 30.6 Å². The maximum Gasteiger partial charge on any atom is 0.416 e. The molecule has 13 nitrogen and oxygen atoms in total. The third kappa shape index (κ3) is 6.05. The van der Waals surface area contributed by atoms with Gasteiger partial charge in [0.15, 0.2) is 23.6 Å². The van der Waals surface area contributed by atoms with Gasteiger partial charge in [-0.25, -0.2) is 19.7 Å². The number of benzene rings is 1. The Kier molecular flexibility index (Phi) is 8.11. The average molecular weight is 605 g/mol. The van der Waals surface area contributed by atoms with Crippen LogP contribution in [0.3, 0.4) is 0 Å². The lowest BCUT2D eigenvalue weighted by atomic mass is 10.2. The Balaban J connectivity index is 1.37. The molecule has 1 aliphatic rings. The summed E-state index contributed by atoms with van der Waals surface area (Å²) in [4.78, 5) is 22.2. The number of aromatic nitrogens is 6. The number of hydrogen-bond donors (Lipinski definition) is 3. The van der Waals surface area contributed by atoms with Crippen LogP contribution in [0.5, 0.6) is 0 Å². The zero-order valence-electron chi connectivity index (χ0n) is 21.9. The van der Waals surface area contributed by atoms with Gasteiger partial charge in [-0.15, -0.1) is 5.10 Å². The van der Waals surface area contributed by atoms with Gasteiger partial charge in [-0.2, -0.15) is 23.4 Å². The lowest BCUT2D eigenvalue weighted by molar-refractivity contribution is -0.212. The molecule has 0 aliphatic carbocycles. The van der Waals surface area contributed by atoms with Crippen molar-refractivity contribution in [2.75, 3.05) is 11.9 Å². The highest BCUT2D eigenvalue weighted by atomic mass is 35.5. The number of hydrogen-bond acceptors (Lipinski definition) is 10. The summed E-state index contributed by atoms with van der Waals surface area (Å²) < 4.78 is 42.4. The molecule has 0 saturated heterocycles. The van der Waals surface area contributed by atoms with Gasteiger partial charge in [0, 0.05) is 29.5 Å². The minimum Gasteiger partial charge on any atom is -0.382 e. The van der Waals surface area contributed by atoms with Gasteiger partial charge in [-0.3, -0.25) is 9.48 Å². The fourth-order valence-corrected chi connectivity index (χ4v) is 4.29. The normalized spacial score (nSPS) is 16.1. The van der Waals surface area contributed by atoms with Crippen LogP contribution in [0, 0.1) is 0 Å². The Morgan fingerprint density at radius 3 is 2.62 bits per heavy atom. The van der Waals surface area contributed by atoms with E-state index in [4.69, 9.17) is 11.6 Å². The number of amides is 1. The van der Waals surface area contributed by atoms with E-state index in [1.54, 1.807) is 18.2 Å². The summed E-state index contributed by atoms with van der Waals surface area (Å²) in [5, 5.41) is 37.6. The van der Waals surface area contributed by atoms with E-state index in [1.807, 2.05) is 6.92 Å². The number of pyridine rings is 1. The SMILES string of the molecule is CCn1nccc1C(=O)Nc1ncccc1-n1cnc(CN2N=C(c3ccc(Cl)cc3)N(C[C@H](O)C(F)(F)F)C2O)n1. The van der Waals surface area contributed by atoms with Crippen molar-refractivity contribution < 1.29 is 28.2 Å². The van der Waals surface area contributed by atoms with Gasteiger partial charge in [-0.05, 0) is 49.4 Å². The minimum atomic E-state index is -4.91. The summed E-state index contributed by atoms with van der Waals surface area (Å²) in [6.07, 6.45) is -4.96. The van der Waals surface area contributed by atoms with Crippen molar-refractivity contribution in [1.82, 2.24) is 39.4 Å². The summed E-state index contributed by atoms with van der Waals surface area (Å²) in [6.45, 7) is 1.17. The van der Waals surface area contributed by atoms with Gasteiger partial charge >= 0.3 is 6.18 Å². The monoisotopic (exact) mass is 604 g/mol. The summed E-state index contributed by atoms with van der Waals surface area (Å²) in [5.74, 6) is -0.0958. The Morgan fingerprint density at radius 2 is 1.90 bits per heavy atom. The topological polar surface area (TPSA) is 150 Å². The van der Waals surface area contributed by atoms with Crippen LogP contribution in [0.4, 0.5) is 19.0 Å². The second-order valence-corrected chi connectivity index (χ2v) is 9.48. The van der Waals surface area contributed by atoms with Crippen molar-refractivity contribution in [2.24, 2.45) is 5.10 Å². The fourth-order valence-electron chi connectivity index (χ4n) is 4.17. The molecule has 0 spiro atoms. The Morgan fingerprint density at radius 1 is 1.14 bits per heavy atom. The van der Waals surface area contributed by atoms with E-state index < -0.39 is 31.1 Å². The number of nitrogens with zero attached hydrogens (tertiary/aromatic N) is 9. The number of anilines is 1. The van der Waals surface area contributed by atoms with Crippen molar-refractivity contribution in [1.29, 1.82) is 0 Å². The third-order valence-corrected chi connectivity index (χ3v) is 6.50. The van der Waals surface area contributed by atoms with Gasteiger partial charge in [0.05, 0.1) is 6.54 Å². The predicted octanol–water partition coefficient (Wildman–Crippen LogP) is 2.46. The van der Waals surface area contributed by atoms with Gasteiger partial charge < -0.3 is 20.4 Å². The average Bonchev–Trinajstić information content (AvgIpc) is 3.70. The lowest BCUT2D eigenvalue weighted by Crippen LogP contribution is -2.49. The molecule has 1 aromatic carbocycles. The van der Waals surface area contributed by atoms with Crippen LogP contribution < -0.4 is 5.32 Å². The van der Waals surface area contributed by atoms with E-state index in [1.165, 1.54) is 52.4 Å². The second-order valence-electron chi connectivity index (χ2n) is 9.05. The summed E-state index contributed by atoms with van der Waals surface area (Å²) in [6, 6.07) is 11.0. The molecule has 220 valence electrons. The Hall–Kier alpha value is -4.54. The largest absolute Gasteiger partial charge is 0.416 e. The molecule has 0 fully saturated rings. The number of carbonyl (C=O) groups is 1. The molecule has 1 unspecified atom stereocenters. The molecule has 5 rings (SSSR count). The number of alkyl halides is 3. The highest BCUT2D eigenvalue weighted by molar-refractivity contribution is 6.30. The molecular weight excluding hydrogens is 581 g/mol. The van der Waals surface area contributed by atoms with Crippen molar-refractivity contribution >= 4 is 29.2 Å². The number of β-amino-alcohol motifs (C(OH)–C–C–N with tert-alkyl or cyclic N) is 1. The summed E-state index contributed by atoms with van der Waals surface area (Å²) in [5.41, 5.74) is 1.09. The minimum absolute atomic E-state index is 0.00882. The van der Waals surface area contributed by atoms with E-state index in [0.717, 1.165) is 9.91 Å². The van der Waals surface area contributed by atoms with Crippen molar-refractivity contribution in [3.8, 4) is 5.69 Å². The van der Waals surface area contributed by atoms with Crippen LogP contribution in [0.25, 0.3) is 5.69 Å². The maximum atomic E-state index is 13.2. The molecule has 42 heavy (non-hydrogen) atoms. The van der Waals surface area contributed by atoms with Crippen LogP contribution in [0.15, 0.2) is 66.3 Å². The molecule has 0 radical (unpaired) electrons. The first-order valence-corrected chi connectivity index (χ1v) is 12.9. The molecule has 3 N–H and O–H groups in total. The van der Waals surface area contributed by atoms with Gasteiger partial charge in [0.1, 0.15) is 24.3 Å². The van der Waals surface area contributed by atoms with Gasteiger partial charge in [0.2, 0.25) is 6.35 Å². The molecule has 4 heterocycles. The molecule has 4 aromatic rings. The van der Waals surface area contributed by atoms with Crippen LogP contribution >= 0.6 is 11.6 Å². The molecule has 1 aliphatic heterocycles. The second kappa shape index (κ2) is 11.8. The number of halogens is 4. The van der Waals surface area contributed by atoms with Gasteiger partial charge in [0.25, 0.3) is 5.91 Å². The highest BCUT2D eigenvalue weighted by Crippen LogP contribution is 2.27. The maximum absolute atomic E-state index is 13.2. The zero-order valence-corrected chi connectivity index (χ0v) is 22.6. The Bertz CT molecular complexity index is 1590. The molecular formula is C25H24ClF3N10O3. The van der Waals surface area contributed by atoms with Crippen LogP contribution in [-0.2, 0) is 13.1 Å². The van der Waals surface area contributed by atoms with Crippen LogP contribution in [0.2, 0.25) is 5.02 Å². The van der Waals surface area contributed by atoms with Crippen molar-refractivity contribution in [3.05, 3.63) is 83.3 Å².